The van der Waals surface area contributed by atoms with E-state index in [1.54, 1.807) is 26.3 Å². The maximum atomic E-state index is 13.8. The molecule has 0 spiro atoms. The lowest BCUT2D eigenvalue weighted by Gasteiger charge is -2.23. The normalized spacial score (nSPS) is 14.6. The lowest BCUT2D eigenvalue weighted by Crippen LogP contribution is -2.29. The Hall–Kier alpha value is -1.13. The number of ether oxygens (including phenoxy) is 2. The predicted molar refractivity (Wildman–Crippen MR) is 61.2 cm³/mol. The number of nitrogens with one attached hydrogen (secondary N) is 1. The van der Waals surface area contributed by atoms with Gasteiger partial charge in [-0.15, -0.1) is 0 Å². The van der Waals surface area contributed by atoms with Crippen molar-refractivity contribution in [2.45, 2.75) is 19.1 Å². The highest BCUT2D eigenvalue weighted by molar-refractivity contribution is 5.31. The van der Waals surface area contributed by atoms with Crippen molar-refractivity contribution in [2.24, 2.45) is 0 Å². The van der Waals surface area contributed by atoms with Crippen LogP contribution < -0.4 is 10.1 Å². The van der Waals surface area contributed by atoms with E-state index in [0.717, 1.165) is 0 Å². The summed E-state index contributed by atoms with van der Waals surface area (Å²) in [5.41, 5.74) is 0.581. The Kier molecular flexibility index (Phi) is 4.71. The highest BCUT2D eigenvalue weighted by Crippen LogP contribution is 2.24. The Balaban J connectivity index is 3.01. The number of hydrogen-bond acceptors (Lipinski definition) is 3. The van der Waals surface area contributed by atoms with Crippen molar-refractivity contribution in [3.05, 3.63) is 29.6 Å². The van der Waals surface area contributed by atoms with Crippen LogP contribution >= 0.6 is 0 Å². The van der Waals surface area contributed by atoms with E-state index in [0.29, 0.717) is 11.3 Å². The second kappa shape index (κ2) is 5.82. The first-order valence-electron chi connectivity index (χ1n) is 5.17. The van der Waals surface area contributed by atoms with Gasteiger partial charge in [-0.05, 0) is 20.0 Å². The first-order valence-corrected chi connectivity index (χ1v) is 5.17. The third-order valence-corrected chi connectivity index (χ3v) is 2.69. The molecule has 0 saturated heterocycles. The number of hydrogen-bond donors (Lipinski definition) is 1. The van der Waals surface area contributed by atoms with Crippen LogP contribution in [0.4, 0.5) is 4.39 Å². The third-order valence-electron chi connectivity index (χ3n) is 2.69. The minimum absolute atomic E-state index is 0.104. The van der Waals surface area contributed by atoms with Crippen molar-refractivity contribution in [3.8, 4) is 5.75 Å². The van der Waals surface area contributed by atoms with E-state index < -0.39 is 0 Å². The van der Waals surface area contributed by atoms with Crippen LogP contribution in [0.2, 0.25) is 0 Å². The molecule has 1 N–H and O–H groups in total. The van der Waals surface area contributed by atoms with Gasteiger partial charge in [0.1, 0.15) is 11.6 Å². The molecule has 0 radical (unpaired) electrons. The molecule has 2 unspecified atom stereocenters. The molecule has 1 aromatic rings. The monoisotopic (exact) mass is 227 g/mol. The summed E-state index contributed by atoms with van der Waals surface area (Å²) in [4.78, 5) is 0. The molecule has 0 bridgehead atoms. The zero-order valence-electron chi connectivity index (χ0n) is 10.1. The molecule has 0 amide bonds. The standard InChI is InChI=1S/C12H18FNO2/c1-8(15-3)12(14-2)10-6-5-9(16-4)7-11(10)13/h5-8,12,14H,1-4H3. The Labute approximate surface area is 95.6 Å². The highest BCUT2D eigenvalue weighted by atomic mass is 19.1. The molecule has 90 valence electrons. The summed E-state index contributed by atoms with van der Waals surface area (Å²) in [6.45, 7) is 1.89. The Morgan fingerprint density at radius 2 is 2.00 bits per heavy atom. The number of methoxy groups -OCH3 is 2. The SMILES string of the molecule is CNC(c1ccc(OC)cc1F)C(C)OC. The van der Waals surface area contributed by atoms with Gasteiger partial charge in [0.2, 0.25) is 0 Å². The molecule has 0 saturated carbocycles. The van der Waals surface area contributed by atoms with E-state index in [1.807, 2.05) is 6.92 Å². The third kappa shape index (κ3) is 2.71. The lowest BCUT2D eigenvalue weighted by atomic mass is 10.0. The van der Waals surface area contributed by atoms with Gasteiger partial charge in [0, 0.05) is 18.7 Å². The van der Waals surface area contributed by atoms with Crippen LogP contribution in [0.1, 0.15) is 18.5 Å². The van der Waals surface area contributed by atoms with Gasteiger partial charge < -0.3 is 14.8 Å². The summed E-state index contributed by atoms with van der Waals surface area (Å²) < 4.78 is 24.0. The second-order valence-electron chi connectivity index (χ2n) is 3.59. The van der Waals surface area contributed by atoms with Crippen LogP contribution in [-0.4, -0.2) is 27.4 Å². The minimum atomic E-state index is -0.289. The largest absolute Gasteiger partial charge is 0.497 e. The van der Waals surface area contributed by atoms with Gasteiger partial charge in [-0.1, -0.05) is 6.07 Å². The van der Waals surface area contributed by atoms with Crippen LogP contribution in [0.15, 0.2) is 18.2 Å². The van der Waals surface area contributed by atoms with Gasteiger partial charge in [0.15, 0.2) is 0 Å². The fourth-order valence-corrected chi connectivity index (χ4v) is 1.67. The van der Waals surface area contributed by atoms with E-state index in [-0.39, 0.29) is 18.0 Å². The topological polar surface area (TPSA) is 30.5 Å². The zero-order chi connectivity index (χ0) is 12.1. The number of benzene rings is 1. The molecule has 0 aromatic heterocycles. The number of rotatable bonds is 5. The summed E-state index contributed by atoms with van der Waals surface area (Å²) >= 11 is 0. The lowest BCUT2D eigenvalue weighted by molar-refractivity contribution is 0.0844. The molecule has 2 atom stereocenters. The first kappa shape index (κ1) is 12.9. The minimum Gasteiger partial charge on any atom is -0.497 e. The molecule has 0 aliphatic heterocycles. The molecule has 0 aliphatic rings. The molecular formula is C12H18FNO2. The van der Waals surface area contributed by atoms with E-state index in [4.69, 9.17) is 9.47 Å². The van der Waals surface area contributed by atoms with Crippen LogP contribution in [0.5, 0.6) is 5.75 Å². The van der Waals surface area contributed by atoms with Crippen LogP contribution in [0.25, 0.3) is 0 Å². The van der Waals surface area contributed by atoms with E-state index >= 15 is 0 Å². The van der Waals surface area contributed by atoms with Crippen LogP contribution in [0.3, 0.4) is 0 Å². The Morgan fingerprint density at radius 3 is 2.44 bits per heavy atom. The van der Waals surface area contributed by atoms with Crippen molar-refractivity contribution in [2.75, 3.05) is 21.3 Å². The molecule has 0 fully saturated rings. The molecule has 0 heterocycles. The first-order chi connectivity index (χ1) is 7.63. The van der Waals surface area contributed by atoms with Crippen molar-refractivity contribution in [1.29, 1.82) is 0 Å². The second-order valence-corrected chi connectivity index (χ2v) is 3.59. The van der Waals surface area contributed by atoms with Gasteiger partial charge >= 0.3 is 0 Å². The quantitative estimate of drug-likeness (QED) is 0.836. The predicted octanol–water partition coefficient (Wildman–Crippen LogP) is 2.13. The smallest absolute Gasteiger partial charge is 0.131 e. The average molecular weight is 227 g/mol. The molecule has 1 aromatic carbocycles. The Morgan fingerprint density at radius 1 is 1.31 bits per heavy atom. The summed E-state index contributed by atoms with van der Waals surface area (Å²) in [5.74, 6) is 0.226. The number of likely N-dealkylation sites (N-methyl/N-ethyl adjacent to an activating group) is 1. The van der Waals surface area contributed by atoms with Crippen LogP contribution in [0, 0.1) is 5.82 Å². The highest BCUT2D eigenvalue weighted by Gasteiger charge is 2.20. The Bertz CT molecular complexity index is 344. The van der Waals surface area contributed by atoms with E-state index in [2.05, 4.69) is 5.32 Å². The van der Waals surface area contributed by atoms with Crippen molar-refractivity contribution in [1.82, 2.24) is 5.32 Å². The van der Waals surface area contributed by atoms with Crippen molar-refractivity contribution < 1.29 is 13.9 Å². The van der Waals surface area contributed by atoms with Crippen molar-refractivity contribution in [3.63, 3.8) is 0 Å². The van der Waals surface area contributed by atoms with Gasteiger partial charge in [-0.25, -0.2) is 4.39 Å². The molecule has 16 heavy (non-hydrogen) atoms. The van der Waals surface area contributed by atoms with Gasteiger partial charge in [0.25, 0.3) is 0 Å². The molecule has 0 aliphatic carbocycles. The number of halogens is 1. The molecular weight excluding hydrogens is 209 g/mol. The fraction of sp³-hybridized carbons (Fsp3) is 0.500. The molecule has 4 heteroatoms. The summed E-state index contributed by atoms with van der Waals surface area (Å²) in [5, 5.41) is 3.04. The maximum absolute atomic E-state index is 13.8. The van der Waals surface area contributed by atoms with E-state index in [1.165, 1.54) is 13.2 Å². The van der Waals surface area contributed by atoms with E-state index in [9.17, 15) is 4.39 Å². The average Bonchev–Trinajstić information content (AvgIpc) is 2.31. The van der Waals surface area contributed by atoms with Gasteiger partial charge in [0.05, 0.1) is 19.3 Å². The van der Waals surface area contributed by atoms with Gasteiger partial charge in [-0.2, -0.15) is 0 Å². The molecule has 1 rings (SSSR count). The molecule has 3 nitrogen and oxygen atoms in total. The van der Waals surface area contributed by atoms with Crippen LogP contribution in [-0.2, 0) is 4.74 Å². The fourth-order valence-electron chi connectivity index (χ4n) is 1.67. The summed E-state index contributed by atoms with van der Waals surface area (Å²) in [6.07, 6.45) is -0.104. The van der Waals surface area contributed by atoms with Crippen molar-refractivity contribution >= 4 is 0 Å². The summed E-state index contributed by atoms with van der Waals surface area (Å²) in [7, 11) is 4.90. The maximum Gasteiger partial charge on any atom is 0.131 e. The van der Waals surface area contributed by atoms with Gasteiger partial charge in [-0.3, -0.25) is 0 Å². The zero-order valence-corrected chi connectivity index (χ0v) is 10.1. The summed E-state index contributed by atoms with van der Waals surface area (Å²) in [6, 6.07) is 4.66.